The lowest BCUT2D eigenvalue weighted by atomic mass is 10.1. The van der Waals surface area contributed by atoms with Gasteiger partial charge in [0, 0.05) is 53.1 Å². The molecule has 2 aromatic heterocycles. The Morgan fingerprint density at radius 1 is 1.30 bits per heavy atom. The molecule has 0 aliphatic carbocycles. The van der Waals surface area contributed by atoms with Crippen LogP contribution in [0, 0.1) is 13.8 Å². The highest BCUT2D eigenvalue weighted by Crippen LogP contribution is 2.28. The molecule has 4 rings (SSSR count). The minimum Gasteiger partial charge on any atom is -0.358 e. The number of aryl methyl sites for hydroxylation is 2. The van der Waals surface area contributed by atoms with Crippen LogP contribution in [0.5, 0.6) is 0 Å². The van der Waals surface area contributed by atoms with E-state index in [1.54, 1.807) is 6.20 Å². The highest BCUT2D eigenvalue weighted by atomic mass is 16.2. The molecule has 0 saturated carbocycles. The van der Waals surface area contributed by atoms with Gasteiger partial charge in [-0.05, 0) is 50.1 Å². The number of fused-ring (bicyclic) bond motifs is 1. The Morgan fingerprint density at radius 2 is 2.17 bits per heavy atom. The molecule has 5 heteroatoms. The van der Waals surface area contributed by atoms with Crippen LogP contribution in [0.15, 0.2) is 30.5 Å². The Bertz CT molecular complexity index is 863. The first-order valence-corrected chi connectivity index (χ1v) is 8.01. The van der Waals surface area contributed by atoms with E-state index in [1.807, 2.05) is 29.2 Å². The summed E-state index contributed by atoms with van der Waals surface area (Å²) >= 11 is 0. The fraction of sp³-hybridized carbons (Fsp3) is 0.333. The maximum atomic E-state index is 12.8. The van der Waals surface area contributed by atoms with Crippen LogP contribution in [0.1, 0.15) is 39.6 Å². The van der Waals surface area contributed by atoms with Crippen LogP contribution in [-0.2, 0) is 0 Å². The van der Waals surface area contributed by atoms with E-state index < -0.39 is 0 Å². The fourth-order valence-electron chi connectivity index (χ4n) is 3.47. The zero-order chi connectivity index (χ0) is 16.0. The van der Waals surface area contributed by atoms with E-state index in [-0.39, 0.29) is 5.91 Å². The van der Waals surface area contributed by atoms with Crippen LogP contribution in [0.3, 0.4) is 0 Å². The molecule has 1 fully saturated rings. The lowest BCUT2D eigenvalue weighted by Gasteiger charge is -2.16. The van der Waals surface area contributed by atoms with E-state index in [9.17, 15) is 4.79 Å². The summed E-state index contributed by atoms with van der Waals surface area (Å²) in [4.78, 5) is 18.1. The number of rotatable bonds is 2. The summed E-state index contributed by atoms with van der Waals surface area (Å²) in [6.45, 7) is 5.70. The average Bonchev–Trinajstić information content (AvgIpc) is 3.28. The molecule has 1 amide bonds. The normalized spacial score (nSPS) is 18.0. The van der Waals surface area contributed by atoms with Gasteiger partial charge >= 0.3 is 0 Å². The van der Waals surface area contributed by atoms with E-state index in [4.69, 9.17) is 0 Å². The molecule has 2 N–H and O–H groups in total. The van der Waals surface area contributed by atoms with E-state index in [0.717, 1.165) is 47.4 Å². The summed E-state index contributed by atoms with van der Waals surface area (Å²) < 4.78 is 0. The minimum atomic E-state index is 0.118. The molecular formula is C18H20N4O. The highest BCUT2D eigenvalue weighted by molar-refractivity contribution is 5.99. The topological polar surface area (TPSA) is 64.8 Å². The van der Waals surface area contributed by atoms with Crippen LogP contribution in [0.25, 0.3) is 10.9 Å². The van der Waals surface area contributed by atoms with Crippen molar-refractivity contribution in [2.24, 2.45) is 0 Å². The maximum Gasteiger partial charge on any atom is 0.253 e. The van der Waals surface area contributed by atoms with Crippen molar-refractivity contribution in [1.82, 2.24) is 20.1 Å². The fourth-order valence-corrected chi connectivity index (χ4v) is 3.47. The van der Waals surface area contributed by atoms with E-state index in [1.165, 1.54) is 5.56 Å². The van der Waals surface area contributed by atoms with Crippen LogP contribution in [0.2, 0.25) is 0 Å². The van der Waals surface area contributed by atoms with Gasteiger partial charge in [-0.3, -0.25) is 9.89 Å². The molecule has 118 valence electrons. The van der Waals surface area contributed by atoms with Gasteiger partial charge in [-0.15, -0.1) is 0 Å². The molecule has 0 bridgehead atoms. The second-order valence-electron chi connectivity index (χ2n) is 6.38. The third kappa shape index (κ3) is 2.32. The number of nitrogens with one attached hydrogen (secondary N) is 2. The minimum absolute atomic E-state index is 0.118. The number of amides is 1. The first-order valence-electron chi connectivity index (χ1n) is 8.01. The van der Waals surface area contributed by atoms with Crippen LogP contribution in [0.4, 0.5) is 0 Å². The van der Waals surface area contributed by atoms with Crippen molar-refractivity contribution in [2.75, 3.05) is 13.1 Å². The summed E-state index contributed by atoms with van der Waals surface area (Å²) in [6, 6.07) is 7.94. The Hall–Kier alpha value is -2.56. The van der Waals surface area contributed by atoms with Crippen molar-refractivity contribution < 1.29 is 4.79 Å². The number of carbonyl (C=O) groups excluding carboxylic acids is 1. The number of H-pyrrole nitrogens is 2. The van der Waals surface area contributed by atoms with Gasteiger partial charge in [-0.25, -0.2) is 0 Å². The van der Waals surface area contributed by atoms with Crippen molar-refractivity contribution in [3.63, 3.8) is 0 Å². The molecule has 3 heterocycles. The van der Waals surface area contributed by atoms with Crippen molar-refractivity contribution >= 4 is 16.8 Å². The highest BCUT2D eigenvalue weighted by Gasteiger charge is 2.28. The molecule has 1 unspecified atom stereocenters. The largest absolute Gasteiger partial charge is 0.358 e. The van der Waals surface area contributed by atoms with Crippen LogP contribution >= 0.6 is 0 Å². The number of carbonyl (C=O) groups is 1. The zero-order valence-corrected chi connectivity index (χ0v) is 13.4. The molecule has 23 heavy (non-hydrogen) atoms. The van der Waals surface area contributed by atoms with Crippen LogP contribution in [-0.4, -0.2) is 39.1 Å². The molecule has 1 aliphatic rings. The SMILES string of the molecule is Cc1[nH]c2ccc(C(=O)N3CCC(c4ccn[nH]4)C3)cc2c1C. The predicted octanol–water partition coefficient (Wildman–Crippen LogP) is 3.14. The monoisotopic (exact) mass is 308 g/mol. The van der Waals surface area contributed by atoms with Crippen molar-refractivity contribution in [1.29, 1.82) is 0 Å². The standard InChI is InChI=1S/C18H20N4O/c1-11-12(2)20-17-4-3-13(9-15(11)17)18(23)22-8-6-14(10-22)16-5-7-19-21-16/h3-5,7,9,14,20H,6,8,10H2,1-2H3,(H,19,21). The van der Waals surface area contributed by atoms with Gasteiger partial charge in [0.1, 0.15) is 0 Å². The lowest BCUT2D eigenvalue weighted by Crippen LogP contribution is -2.28. The second-order valence-corrected chi connectivity index (χ2v) is 6.38. The summed E-state index contributed by atoms with van der Waals surface area (Å²) in [5.41, 5.74) is 5.35. The van der Waals surface area contributed by atoms with Gasteiger partial charge in [0.15, 0.2) is 0 Å². The maximum absolute atomic E-state index is 12.8. The summed E-state index contributed by atoms with van der Waals surface area (Å²) in [6.07, 6.45) is 2.75. The Kier molecular flexibility index (Phi) is 3.22. The average molecular weight is 308 g/mol. The third-order valence-corrected chi connectivity index (χ3v) is 4.99. The smallest absolute Gasteiger partial charge is 0.253 e. The van der Waals surface area contributed by atoms with Gasteiger partial charge in [-0.2, -0.15) is 5.10 Å². The summed E-state index contributed by atoms with van der Waals surface area (Å²) in [5, 5.41) is 8.17. The number of hydrogen-bond acceptors (Lipinski definition) is 2. The lowest BCUT2D eigenvalue weighted by molar-refractivity contribution is 0.0791. The van der Waals surface area contributed by atoms with Gasteiger partial charge < -0.3 is 9.88 Å². The van der Waals surface area contributed by atoms with Crippen molar-refractivity contribution in [3.05, 3.63) is 53.0 Å². The van der Waals surface area contributed by atoms with Crippen LogP contribution < -0.4 is 0 Å². The van der Waals surface area contributed by atoms with Crippen molar-refractivity contribution in [2.45, 2.75) is 26.2 Å². The molecule has 1 saturated heterocycles. The molecule has 0 radical (unpaired) electrons. The number of likely N-dealkylation sites (tertiary alicyclic amines) is 1. The predicted molar refractivity (Wildman–Crippen MR) is 89.6 cm³/mol. The summed E-state index contributed by atoms with van der Waals surface area (Å²) in [7, 11) is 0. The first-order chi connectivity index (χ1) is 11.1. The van der Waals surface area contributed by atoms with E-state index in [0.29, 0.717) is 5.92 Å². The molecule has 1 aromatic carbocycles. The number of aromatic amines is 2. The number of aromatic nitrogens is 3. The Balaban J connectivity index is 1.58. The number of hydrogen-bond donors (Lipinski definition) is 2. The molecular weight excluding hydrogens is 288 g/mol. The van der Waals surface area contributed by atoms with Crippen molar-refractivity contribution in [3.8, 4) is 0 Å². The zero-order valence-electron chi connectivity index (χ0n) is 13.4. The van der Waals surface area contributed by atoms with Gasteiger partial charge in [0.2, 0.25) is 0 Å². The Labute approximate surface area is 134 Å². The molecule has 1 atom stereocenters. The van der Waals surface area contributed by atoms with Gasteiger partial charge in [-0.1, -0.05) is 0 Å². The molecule has 5 nitrogen and oxygen atoms in total. The van der Waals surface area contributed by atoms with Gasteiger partial charge in [0.05, 0.1) is 0 Å². The number of benzene rings is 1. The van der Waals surface area contributed by atoms with Gasteiger partial charge in [0.25, 0.3) is 5.91 Å². The first kappa shape index (κ1) is 14.1. The molecule has 3 aromatic rings. The summed E-state index contributed by atoms with van der Waals surface area (Å²) in [5.74, 6) is 0.480. The Morgan fingerprint density at radius 3 is 2.96 bits per heavy atom. The van der Waals surface area contributed by atoms with E-state index in [2.05, 4.69) is 29.0 Å². The third-order valence-electron chi connectivity index (χ3n) is 4.99. The quantitative estimate of drug-likeness (QED) is 0.764. The van der Waals surface area contributed by atoms with E-state index >= 15 is 0 Å². The molecule has 1 aliphatic heterocycles. The number of nitrogens with zero attached hydrogens (tertiary/aromatic N) is 2. The second kappa shape index (κ2) is 5.26. The molecule has 0 spiro atoms.